The molecule has 0 aliphatic carbocycles. The van der Waals surface area contributed by atoms with Crippen LogP contribution >= 0.6 is 23.2 Å². The van der Waals surface area contributed by atoms with E-state index >= 15 is 0 Å². The van der Waals surface area contributed by atoms with Gasteiger partial charge in [-0.25, -0.2) is 4.79 Å². The molecule has 1 atom stereocenters. The summed E-state index contributed by atoms with van der Waals surface area (Å²) in [5.41, 5.74) is 0.411. The summed E-state index contributed by atoms with van der Waals surface area (Å²) < 4.78 is 13.6. The van der Waals surface area contributed by atoms with E-state index in [4.69, 9.17) is 32.7 Å². The lowest BCUT2D eigenvalue weighted by Gasteiger charge is -2.33. The van der Waals surface area contributed by atoms with Gasteiger partial charge in [-0.15, -0.1) is 10.2 Å². The Morgan fingerprint density at radius 3 is 2.61 bits per heavy atom. The Kier molecular flexibility index (Phi) is 6.91. The van der Waals surface area contributed by atoms with Crippen molar-refractivity contribution in [1.29, 1.82) is 0 Å². The molecule has 1 aromatic heterocycles. The molecule has 33 heavy (non-hydrogen) atoms. The van der Waals surface area contributed by atoms with Crippen molar-refractivity contribution in [3.05, 3.63) is 52.0 Å². The molecule has 0 N–H and O–H groups in total. The van der Waals surface area contributed by atoms with Crippen molar-refractivity contribution in [3.63, 3.8) is 0 Å². The second-order valence-corrected chi connectivity index (χ2v) is 10.4. The number of halogens is 2. The van der Waals surface area contributed by atoms with E-state index in [0.29, 0.717) is 42.7 Å². The molecular formula is C24H30Cl2N4O3. The molecule has 1 saturated heterocycles. The summed E-state index contributed by atoms with van der Waals surface area (Å²) in [6, 6.07) is 3.62. The van der Waals surface area contributed by atoms with Crippen molar-refractivity contribution in [2.24, 2.45) is 0 Å². The monoisotopic (exact) mass is 492 g/mol. The van der Waals surface area contributed by atoms with Gasteiger partial charge in [-0.3, -0.25) is 0 Å². The topological polar surface area (TPSA) is 69.5 Å². The predicted octanol–water partition coefficient (Wildman–Crippen LogP) is 5.60. The molecule has 1 amide bonds. The molecule has 1 fully saturated rings. The van der Waals surface area contributed by atoms with Gasteiger partial charge in [0.25, 0.3) is 0 Å². The number of carbonyl (C=O) groups is 1. The average molecular weight is 493 g/mol. The Balaban J connectivity index is 1.47. The second-order valence-electron chi connectivity index (χ2n) is 9.60. The number of ether oxygens (including phenoxy) is 2. The van der Waals surface area contributed by atoms with Crippen molar-refractivity contribution in [1.82, 2.24) is 19.7 Å². The summed E-state index contributed by atoms with van der Waals surface area (Å²) in [5, 5.41) is 10.0. The maximum atomic E-state index is 12.4. The van der Waals surface area contributed by atoms with Crippen molar-refractivity contribution in [2.75, 3.05) is 19.7 Å². The van der Waals surface area contributed by atoms with E-state index in [1.807, 2.05) is 26.8 Å². The third-order valence-corrected chi connectivity index (χ3v) is 6.88. The Morgan fingerprint density at radius 1 is 1.21 bits per heavy atom. The van der Waals surface area contributed by atoms with E-state index in [1.54, 1.807) is 17.0 Å². The minimum absolute atomic E-state index is 0.0992. The van der Waals surface area contributed by atoms with Gasteiger partial charge < -0.3 is 18.9 Å². The third-order valence-electron chi connectivity index (χ3n) is 6.06. The number of hydrogen-bond acceptors (Lipinski definition) is 5. The lowest BCUT2D eigenvalue weighted by molar-refractivity contribution is 0.0202. The Morgan fingerprint density at radius 2 is 1.94 bits per heavy atom. The van der Waals surface area contributed by atoms with E-state index < -0.39 is 5.60 Å². The highest BCUT2D eigenvalue weighted by atomic mass is 35.5. The molecule has 0 saturated carbocycles. The number of benzene rings is 1. The van der Waals surface area contributed by atoms with Gasteiger partial charge in [-0.2, -0.15) is 0 Å². The zero-order chi connectivity index (χ0) is 23.8. The number of hydrogen-bond donors (Lipinski definition) is 0. The lowest BCUT2D eigenvalue weighted by atomic mass is 9.95. The molecule has 2 aromatic rings. The van der Waals surface area contributed by atoms with Crippen LogP contribution in [0.3, 0.4) is 0 Å². The van der Waals surface area contributed by atoms with Crippen molar-refractivity contribution >= 4 is 29.3 Å². The summed E-state index contributed by atoms with van der Waals surface area (Å²) in [6.45, 7) is 11.8. The van der Waals surface area contributed by atoms with Gasteiger partial charge in [0.15, 0.2) is 0 Å². The minimum atomic E-state index is -0.493. The molecule has 0 bridgehead atoms. The Labute approximate surface area is 204 Å². The summed E-state index contributed by atoms with van der Waals surface area (Å²) in [5.74, 6) is 2.98. The predicted molar refractivity (Wildman–Crippen MR) is 128 cm³/mol. The Hall–Kier alpha value is -2.25. The molecule has 7 nitrogen and oxygen atoms in total. The van der Waals surface area contributed by atoms with Crippen LogP contribution in [0.25, 0.3) is 0 Å². The van der Waals surface area contributed by atoms with E-state index in [1.165, 1.54) is 0 Å². The normalized spacial score (nSPS) is 18.8. The largest absolute Gasteiger partial charge is 0.489 e. The number of nitrogens with zero attached hydrogens (tertiary/aromatic N) is 4. The lowest BCUT2D eigenvalue weighted by Crippen LogP contribution is -2.41. The number of piperidine rings is 1. The fraction of sp³-hybridized carbons (Fsp3) is 0.542. The first-order chi connectivity index (χ1) is 15.7. The maximum Gasteiger partial charge on any atom is 0.410 e. The molecule has 9 heteroatoms. The molecule has 0 unspecified atom stereocenters. The van der Waals surface area contributed by atoms with Crippen LogP contribution in [0.5, 0.6) is 5.75 Å². The van der Waals surface area contributed by atoms with Crippen LogP contribution in [0.1, 0.15) is 62.7 Å². The zero-order valence-corrected chi connectivity index (χ0v) is 20.8. The maximum absolute atomic E-state index is 12.4. The summed E-state index contributed by atoms with van der Waals surface area (Å²) in [4.78, 5) is 14.2. The van der Waals surface area contributed by atoms with Crippen LogP contribution < -0.4 is 4.74 Å². The smallest absolute Gasteiger partial charge is 0.410 e. The fourth-order valence-corrected chi connectivity index (χ4v) is 5.03. The highest BCUT2D eigenvalue weighted by Gasteiger charge is 2.35. The van der Waals surface area contributed by atoms with Crippen LogP contribution in [-0.2, 0) is 17.7 Å². The molecule has 2 aliphatic heterocycles. The van der Waals surface area contributed by atoms with Gasteiger partial charge in [0.2, 0.25) is 0 Å². The van der Waals surface area contributed by atoms with Gasteiger partial charge in [0.1, 0.15) is 29.6 Å². The van der Waals surface area contributed by atoms with E-state index in [9.17, 15) is 4.79 Å². The number of aromatic nitrogens is 3. The van der Waals surface area contributed by atoms with Crippen LogP contribution in [0.15, 0.2) is 24.8 Å². The van der Waals surface area contributed by atoms with Gasteiger partial charge in [0, 0.05) is 43.5 Å². The van der Waals surface area contributed by atoms with E-state index in [2.05, 4.69) is 21.3 Å². The molecule has 2 aliphatic rings. The van der Waals surface area contributed by atoms with Gasteiger partial charge >= 0.3 is 6.09 Å². The van der Waals surface area contributed by atoms with Crippen LogP contribution in [0.2, 0.25) is 10.0 Å². The molecule has 178 valence electrons. The first-order valence-corrected chi connectivity index (χ1v) is 12.0. The second kappa shape index (κ2) is 9.55. The Bertz CT molecular complexity index is 1040. The number of rotatable bonds is 5. The average Bonchev–Trinajstić information content (AvgIpc) is 3.34. The SMILES string of the molecule is C=CCOc1ccc(Cl)c(Cl)c1[C@@H]1Cc2nnc(C3CCN(C(=O)OC(C)(C)C)CC3)n2C1. The van der Waals surface area contributed by atoms with Crippen LogP contribution in [-0.4, -0.2) is 51.1 Å². The minimum Gasteiger partial charge on any atom is -0.489 e. The highest BCUT2D eigenvalue weighted by Crippen LogP contribution is 2.43. The molecular weight excluding hydrogens is 463 g/mol. The van der Waals surface area contributed by atoms with Crippen LogP contribution in [0.4, 0.5) is 4.79 Å². The summed E-state index contributed by atoms with van der Waals surface area (Å²) in [7, 11) is 0. The highest BCUT2D eigenvalue weighted by molar-refractivity contribution is 6.42. The molecule has 0 spiro atoms. The molecule has 1 aromatic carbocycles. The summed E-state index contributed by atoms with van der Waals surface area (Å²) in [6.07, 6.45) is 3.82. The zero-order valence-electron chi connectivity index (χ0n) is 19.3. The van der Waals surface area contributed by atoms with Crippen molar-refractivity contribution in [3.8, 4) is 5.75 Å². The van der Waals surface area contributed by atoms with Gasteiger partial charge in [-0.05, 0) is 45.7 Å². The third kappa shape index (κ3) is 5.14. The number of likely N-dealkylation sites (tertiary alicyclic amines) is 1. The van der Waals surface area contributed by atoms with Crippen molar-refractivity contribution in [2.45, 2.75) is 64.0 Å². The number of fused-ring (bicyclic) bond motifs is 1. The quantitative estimate of drug-likeness (QED) is 0.507. The summed E-state index contributed by atoms with van der Waals surface area (Å²) >= 11 is 12.9. The van der Waals surface area contributed by atoms with Crippen molar-refractivity contribution < 1.29 is 14.3 Å². The molecule has 0 radical (unpaired) electrons. The number of carbonyl (C=O) groups excluding carboxylic acids is 1. The van der Waals surface area contributed by atoms with E-state index in [0.717, 1.165) is 35.8 Å². The first-order valence-electron chi connectivity index (χ1n) is 11.3. The molecule has 3 heterocycles. The molecule has 4 rings (SSSR count). The fourth-order valence-electron chi connectivity index (χ4n) is 4.55. The van der Waals surface area contributed by atoms with Gasteiger partial charge in [0.05, 0.1) is 10.0 Å². The first kappa shape index (κ1) is 23.9. The van der Waals surface area contributed by atoms with E-state index in [-0.39, 0.29) is 17.9 Å². The number of amides is 1. The van der Waals surface area contributed by atoms with Gasteiger partial charge in [-0.1, -0.05) is 35.9 Å². The standard InChI is InChI=1S/C24H30Cl2N4O3/c1-5-12-32-18-7-6-17(25)21(26)20(18)16-13-19-27-28-22(30(19)14-16)15-8-10-29(11-9-15)23(31)33-24(2,3)4/h5-7,15-16H,1,8-14H2,2-4H3/t16-/m1/s1. The van der Waals surface area contributed by atoms with Crippen LogP contribution in [0, 0.1) is 0 Å².